The molecule has 3 nitrogen and oxygen atoms in total. The Balaban J connectivity index is 1.63. The van der Waals surface area contributed by atoms with Crippen LogP contribution in [0.15, 0.2) is 59.5 Å². The smallest absolute Gasteiger partial charge is 0.220 e. The zero-order valence-corrected chi connectivity index (χ0v) is 12.6. The minimum atomic E-state index is 0.0203. The summed E-state index contributed by atoms with van der Waals surface area (Å²) in [5.41, 5.74) is 0.811. The standard InChI is InChI=1S/C17H19NO2S/c19-16-9-5-4-6-14(16)10-11-17(20)18-12-13-21-15-7-2-1-3-8-15/h1-9,19H,10-13H2,(H,18,20). The Morgan fingerprint density at radius 3 is 2.52 bits per heavy atom. The number of rotatable bonds is 7. The third-order valence-electron chi connectivity index (χ3n) is 3.05. The molecule has 2 rings (SSSR count). The van der Waals surface area contributed by atoms with Crippen LogP contribution in [0.3, 0.4) is 0 Å². The third-order valence-corrected chi connectivity index (χ3v) is 4.06. The van der Waals surface area contributed by atoms with Crippen LogP contribution in [0, 0.1) is 0 Å². The topological polar surface area (TPSA) is 49.3 Å². The van der Waals surface area contributed by atoms with Crippen LogP contribution in [0.2, 0.25) is 0 Å². The molecule has 2 N–H and O–H groups in total. The van der Waals surface area contributed by atoms with Crippen LogP contribution in [0.5, 0.6) is 5.75 Å². The monoisotopic (exact) mass is 301 g/mol. The van der Waals surface area contributed by atoms with E-state index in [1.807, 2.05) is 30.3 Å². The van der Waals surface area contributed by atoms with E-state index in [2.05, 4.69) is 17.4 Å². The van der Waals surface area contributed by atoms with E-state index in [0.29, 0.717) is 19.4 Å². The lowest BCUT2D eigenvalue weighted by Gasteiger charge is -2.06. The molecule has 0 aliphatic heterocycles. The molecule has 0 radical (unpaired) electrons. The first-order valence-electron chi connectivity index (χ1n) is 6.97. The molecule has 0 aliphatic carbocycles. The van der Waals surface area contributed by atoms with Crippen molar-refractivity contribution < 1.29 is 9.90 Å². The van der Waals surface area contributed by atoms with Crippen molar-refractivity contribution in [2.24, 2.45) is 0 Å². The zero-order chi connectivity index (χ0) is 14.9. The predicted molar refractivity (Wildman–Crippen MR) is 86.6 cm³/mol. The molecule has 0 bridgehead atoms. The molecule has 0 spiro atoms. The quantitative estimate of drug-likeness (QED) is 0.610. The maximum Gasteiger partial charge on any atom is 0.220 e. The Labute approximate surface area is 129 Å². The minimum absolute atomic E-state index is 0.0203. The number of para-hydroxylation sites is 1. The van der Waals surface area contributed by atoms with Gasteiger partial charge in [-0.3, -0.25) is 4.79 Å². The van der Waals surface area contributed by atoms with Crippen LogP contribution in [-0.2, 0) is 11.2 Å². The molecule has 0 aliphatic rings. The summed E-state index contributed by atoms with van der Waals surface area (Å²) in [6, 6.07) is 17.3. The van der Waals surface area contributed by atoms with Crippen LogP contribution >= 0.6 is 11.8 Å². The Morgan fingerprint density at radius 2 is 1.76 bits per heavy atom. The lowest BCUT2D eigenvalue weighted by atomic mass is 10.1. The maximum absolute atomic E-state index is 11.7. The number of phenolic OH excluding ortho intramolecular Hbond substituents is 1. The van der Waals surface area contributed by atoms with Gasteiger partial charge in [0.2, 0.25) is 5.91 Å². The number of thioether (sulfide) groups is 1. The number of carbonyl (C=O) groups excluding carboxylic acids is 1. The molecular formula is C17H19NO2S. The van der Waals surface area contributed by atoms with Gasteiger partial charge in [-0.25, -0.2) is 0 Å². The van der Waals surface area contributed by atoms with Crippen LogP contribution in [0.4, 0.5) is 0 Å². The van der Waals surface area contributed by atoms with E-state index in [1.165, 1.54) is 4.90 Å². The third kappa shape index (κ3) is 5.52. The molecular weight excluding hydrogens is 282 g/mol. The second kappa shape index (κ2) is 8.37. The van der Waals surface area contributed by atoms with Gasteiger partial charge in [0.1, 0.15) is 5.75 Å². The van der Waals surface area contributed by atoms with Gasteiger partial charge in [0.25, 0.3) is 0 Å². The SMILES string of the molecule is O=C(CCc1ccccc1O)NCCSc1ccccc1. The van der Waals surface area contributed by atoms with Gasteiger partial charge in [0, 0.05) is 23.6 Å². The second-order valence-corrected chi connectivity index (χ2v) is 5.81. The van der Waals surface area contributed by atoms with Gasteiger partial charge in [-0.2, -0.15) is 0 Å². The van der Waals surface area contributed by atoms with E-state index in [0.717, 1.165) is 11.3 Å². The summed E-state index contributed by atoms with van der Waals surface area (Å²) in [4.78, 5) is 12.9. The van der Waals surface area contributed by atoms with E-state index < -0.39 is 0 Å². The van der Waals surface area contributed by atoms with Crippen molar-refractivity contribution in [1.29, 1.82) is 0 Å². The van der Waals surface area contributed by atoms with Crippen LogP contribution in [0.25, 0.3) is 0 Å². The van der Waals surface area contributed by atoms with E-state index in [9.17, 15) is 9.90 Å². The number of amides is 1. The van der Waals surface area contributed by atoms with Crippen LogP contribution < -0.4 is 5.32 Å². The normalized spacial score (nSPS) is 10.3. The van der Waals surface area contributed by atoms with E-state index in [-0.39, 0.29) is 11.7 Å². The molecule has 2 aromatic carbocycles. The van der Waals surface area contributed by atoms with Crippen molar-refractivity contribution >= 4 is 17.7 Å². The average Bonchev–Trinajstić information content (AvgIpc) is 2.52. The molecule has 0 heterocycles. The highest BCUT2D eigenvalue weighted by Gasteiger charge is 2.04. The Morgan fingerprint density at radius 1 is 1.05 bits per heavy atom. The highest BCUT2D eigenvalue weighted by molar-refractivity contribution is 7.99. The van der Waals surface area contributed by atoms with Crippen molar-refractivity contribution in [3.05, 3.63) is 60.2 Å². The van der Waals surface area contributed by atoms with Gasteiger partial charge in [0.05, 0.1) is 0 Å². The summed E-state index contributed by atoms with van der Waals surface area (Å²) in [6.07, 6.45) is 0.956. The van der Waals surface area contributed by atoms with Crippen molar-refractivity contribution in [1.82, 2.24) is 5.32 Å². The number of carbonyl (C=O) groups is 1. The first-order valence-corrected chi connectivity index (χ1v) is 7.95. The van der Waals surface area contributed by atoms with Crippen LogP contribution in [0.1, 0.15) is 12.0 Å². The van der Waals surface area contributed by atoms with Gasteiger partial charge >= 0.3 is 0 Å². The number of aromatic hydroxyl groups is 1. The van der Waals surface area contributed by atoms with Gasteiger partial charge in [-0.15, -0.1) is 11.8 Å². The minimum Gasteiger partial charge on any atom is -0.508 e. The lowest BCUT2D eigenvalue weighted by Crippen LogP contribution is -2.25. The van der Waals surface area contributed by atoms with Crippen molar-refractivity contribution in [3.8, 4) is 5.75 Å². The fourth-order valence-corrected chi connectivity index (χ4v) is 2.72. The molecule has 0 atom stereocenters. The summed E-state index contributed by atoms with van der Waals surface area (Å²) in [6.45, 7) is 0.652. The Kier molecular flexibility index (Phi) is 6.16. The zero-order valence-electron chi connectivity index (χ0n) is 11.8. The average molecular weight is 301 g/mol. The van der Waals surface area contributed by atoms with E-state index in [1.54, 1.807) is 23.9 Å². The number of hydrogen-bond acceptors (Lipinski definition) is 3. The van der Waals surface area contributed by atoms with Crippen molar-refractivity contribution in [2.45, 2.75) is 17.7 Å². The number of hydrogen-bond donors (Lipinski definition) is 2. The van der Waals surface area contributed by atoms with Crippen molar-refractivity contribution in [2.75, 3.05) is 12.3 Å². The molecule has 0 fully saturated rings. The summed E-state index contributed by atoms with van der Waals surface area (Å²) >= 11 is 1.72. The first-order chi connectivity index (χ1) is 10.3. The summed E-state index contributed by atoms with van der Waals surface area (Å²) in [5.74, 6) is 1.13. The number of aryl methyl sites for hydroxylation is 1. The fraction of sp³-hybridized carbons (Fsp3) is 0.235. The Hall–Kier alpha value is -1.94. The van der Waals surface area contributed by atoms with Crippen LogP contribution in [-0.4, -0.2) is 23.3 Å². The second-order valence-electron chi connectivity index (χ2n) is 4.64. The molecule has 0 unspecified atom stereocenters. The highest BCUT2D eigenvalue weighted by atomic mass is 32.2. The largest absolute Gasteiger partial charge is 0.508 e. The number of benzene rings is 2. The molecule has 0 saturated heterocycles. The van der Waals surface area contributed by atoms with Gasteiger partial charge in [0.15, 0.2) is 0 Å². The molecule has 0 saturated carbocycles. The first kappa shape index (κ1) is 15.4. The maximum atomic E-state index is 11.7. The number of nitrogens with one attached hydrogen (secondary N) is 1. The highest BCUT2D eigenvalue weighted by Crippen LogP contribution is 2.17. The lowest BCUT2D eigenvalue weighted by molar-refractivity contribution is -0.120. The molecule has 21 heavy (non-hydrogen) atoms. The van der Waals surface area contributed by atoms with Gasteiger partial charge in [-0.1, -0.05) is 36.4 Å². The van der Waals surface area contributed by atoms with Gasteiger partial charge < -0.3 is 10.4 Å². The number of phenols is 1. The summed E-state index contributed by atoms with van der Waals surface area (Å²) in [5, 5.41) is 12.5. The Bertz CT molecular complexity index is 572. The molecule has 2 aromatic rings. The van der Waals surface area contributed by atoms with E-state index in [4.69, 9.17) is 0 Å². The van der Waals surface area contributed by atoms with E-state index >= 15 is 0 Å². The molecule has 0 aromatic heterocycles. The molecule has 4 heteroatoms. The van der Waals surface area contributed by atoms with Gasteiger partial charge in [-0.05, 0) is 30.2 Å². The molecule has 1 amide bonds. The van der Waals surface area contributed by atoms with Crippen molar-refractivity contribution in [3.63, 3.8) is 0 Å². The summed E-state index contributed by atoms with van der Waals surface area (Å²) in [7, 11) is 0. The predicted octanol–water partition coefficient (Wildman–Crippen LogP) is 3.23. The summed E-state index contributed by atoms with van der Waals surface area (Å²) < 4.78 is 0. The fourth-order valence-electron chi connectivity index (χ4n) is 1.93. The molecule has 110 valence electrons.